The Bertz CT molecular complexity index is 676. The number of carbonyl (C=O) groups excluding carboxylic acids is 3. The van der Waals surface area contributed by atoms with Crippen LogP contribution in [0, 0.1) is 5.92 Å². The van der Waals surface area contributed by atoms with Crippen LogP contribution in [0.3, 0.4) is 0 Å². The summed E-state index contributed by atoms with van der Waals surface area (Å²) in [5.41, 5.74) is 1.96. The van der Waals surface area contributed by atoms with Crippen LogP contribution in [-0.2, 0) is 14.4 Å². The molecule has 1 aromatic rings. The minimum absolute atomic E-state index is 0.0322. The van der Waals surface area contributed by atoms with Gasteiger partial charge in [0.2, 0.25) is 11.8 Å². The fraction of sp³-hybridized carbons (Fsp3) is 0.550. The summed E-state index contributed by atoms with van der Waals surface area (Å²) in [7, 11) is 1.62. The molecule has 6 heteroatoms. The number of imide groups is 1. The van der Waals surface area contributed by atoms with Crippen LogP contribution in [0.25, 0.3) is 0 Å². The highest BCUT2D eigenvalue weighted by molar-refractivity contribution is 8.01. The number of anilines is 1. The molecule has 0 saturated carbocycles. The molecule has 0 bridgehead atoms. The molecule has 0 radical (unpaired) electrons. The fourth-order valence-corrected chi connectivity index (χ4v) is 4.36. The molecule has 0 N–H and O–H groups in total. The minimum Gasteiger partial charge on any atom is -0.312 e. The Balaban J connectivity index is 2.09. The van der Waals surface area contributed by atoms with Crippen LogP contribution in [0.5, 0.6) is 0 Å². The third-order valence-corrected chi connectivity index (χ3v) is 6.69. The molecule has 0 spiro atoms. The van der Waals surface area contributed by atoms with E-state index in [0.717, 1.165) is 18.4 Å². The summed E-state index contributed by atoms with van der Waals surface area (Å²) in [6, 6.07) is 7.61. The molecule has 1 fully saturated rings. The van der Waals surface area contributed by atoms with Gasteiger partial charge < -0.3 is 4.79 Å². The van der Waals surface area contributed by atoms with E-state index < -0.39 is 0 Å². The normalized spacial score (nSPS) is 20.9. The zero-order valence-electron chi connectivity index (χ0n) is 16.3. The van der Waals surface area contributed by atoms with Gasteiger partial charge in [0.05, 0.1) is 16.6 Å². The zero-order chi connectivity index (χ0) is 19.4. The van der Waals surface area contributed by atoms with Crippen molar-refractivity contribution in [1.82, 2.24) is 0 Å². The largest absolute Gasteiger partial charge is 0.312 e. The summed E-state index contributed by atoms with van der Waals surface area (Å²) < 4.78 is 0. The molecule has 1 aliphatic rings. The molecule has 26 heavy (non-hydrogen) atoms. The topological polar surface area (TPSA) is 54.5 Å². The third-order valence-electron chi connectivity index (χ3n) is 5.20. The second-order valence-electron chi connectivity index (χ2n) is 7.36. The number of hydrogen-bond donors (Lipinski definition) is 0. The molecule has 4 nitrogen and oxygen atoms in total. The van der Waals surface area contributed by atoms with Crippen molar-refractivity contribution in [3.63, 3.8) is 0 Å². The fourth-order valence-electron chi connectivity index (χ4n) is 3.14. The predicted octanol–water partition coefficient (Wildman–Crippen LogP) is 3.14. The van der Waals surface area contributed by atoms with E-state index >= 15 is 0 Å². The number of rotatable bonds is 8. The number of carbonyl (C=O) groups is 3. The molecule has 2 rings (SSSR count). The van der Waals surface area contributed by atoms with E-state index in [1.807, 2.05) is 31.2 Å². The van der Waals surface area contributed by atoms with Gasteiger partial charge in [0.15, 0.2) is 7.85 Å². The van der Waals surface area contributed by atoms with Crippen molar-refractivity contribution >= 4 is 42.8 Å². The number of hydrogen-bond acceptors (Lipinski definition) is 4. The lowest BCUT2D eigenvalue weighted by molar-refractivity contribution is -0.121. The van der Waals surface area contributed by atoms with Crippen LogP contribution in [0.1, 0.15) is 58.4 Å². The van der Waals surface area contributed by atoms with E-state index in [1.165, 1.54) is 4.90 Å². The lowest BCUT2D eigenvalue weighted by Crippen LogP contribution is -2.31. The average molecular weight is 373 g/mol. The molecule has 1 saturated heterocycles. The molecule has 0 aromatic heterocycles. The molecule has 4 unspecified atom stereocenters. The van der Waals surface area contributed by atoms with E-state index in [4.69, 9.17) is 0 Å². The van der Waals surface area contributed by atoms with Crippen molar-refractivity contribution in [2.75, 3.05) is 4.90 Å². The molecule has 4 atom stereocenters. The second-order valence-corrected chi connectivity index (χ2v) is 9.00. The van der Waals surface area contributed by atoms with E-state index in [-0.39, 0.29) is 41.0 Å². The summed E-state index contributed by atoms with van der Waals surface area (Å²) in [4.78, 5) is 37.8. The van der Waals surface area contributed by atoms with Gasteiger partial charge in [-0.25, -0.2) is 4.90 Å². The van der Waals surface area contributed by atoms with Crippen LogP contribution in [-0.4, -0.2) is 35.8 Å². The van der Waals surface area contributed by atoms with Gasteiger partial charge in [0, 0.05) is 17.6 Å². The Kier molecular flexibility index (Phi) is 7.10. The Morgan fingerprint density at radius 2 is 1.85 bits per heavy atom. The standard InChI is InChI=1S/C20H28BNO3S/c1-5-14(4)26-17-11-18(23)22(20(17)25)16-8-6-15(7-9-16)12(2)10-13(3)19(21)24/h6-9,12-14,17H,5,10-11,21H2,1-4H3. The van der Waals surface area contributed by atoms with Gasteiger partial charge in [0.25, 0.3) is 0 Å². The van der Waals surface area contributed by atoms with Gasteiger partial charge in [0.1, 0.15) is 0 Å². The van der Waals surface area contributed by atoms with Gasteiger partial charge >= 0.3 is 0 Å². The highest BCUT2D eigenvalue weighted by Crippen LogP contribution is 2.33. The molecule has 2 amide bonds. The van der Waals surface area contributed by atoms with Crippen LogP contribution in [0.15, 0.2) is 24.3 Å². The second kappa shape index (κ2) is 8.89. The lowest BCUT2D eigenvalue weighted by Gasteiger charge is -2.19. The van der Waals surface area contributed by atoms with Crippen LogP contribution >= 0.6 is 11.8 Å². The van der Waals surface area contributed by atoms with Crippen molar-refractivity contribution in [3.05, 3.63) is 29.8 Å². The number of nitrogens with zero attached hydrogens (tertiary/aromatic N) is 1. The number of benzene rings is 1. The summed E-state index contributed by atoms with van der Waals surface area (Å²) in [5, 5.41) is 0.0932. The van der Waals surface area contributed by atoms with E-state index in [9.17, 15) is 14.4 Å². The average Bonchev–Trinajstić information content (AvgIpc) is 2.88. The lowest BCUT2D eigenvalue weighted by atomic mass is 9.82. The highest BCUT2D eigenvalue weighted by Gasteiger charge is 2.40. The van der Waals surface area contributed by atoms with Crippen LogP contribution in [0.2, 0.25) is 0 Å². The summed E-state index contributed by atoms with van der Waals surface area (Å²) in [6.07, 6.45) is 2.06. The molecule has 140 valence electrons. The monoisotopic (exact) mass is 373 g/mol. The highest BCUT2D eigenvalue weighted by atomic mass is 32.2. The Hall–Kier alpha value is -1.56. The van der Waals surface area contributed by atoms with Crippen molar-refractivity contribution in [2.24, 2.45) is 5.92 Å². The van der Waals surface area contributed by atoms with Crippen molar-refractivity contribution in [2.45, 2.75) is 63.4 Å². The van der Waals surface area contributed by atoms with Gasteiger partial charge in [-0.2, -0.15) is 0 Å². The first-order valence-corrected chi connectivity index (χ1v) is 10.3. The van der Waals surface area contributed by atoms with Crippen LogP contribution in [0.4, 0.5) is 5.69 Å². The maximum absolute atomic E-state index is 12.7. The quantitative estimate of drug-likeness (QED) is 0.519. The van der Waals surface area contributed by atoms with E-state index in [2.05, 4.69) is 20.8 Å². The molecule has 1 aliphatic heterocycles. The smallest absolute Gasteiger partial charge is 0.247 e. The number of amides is 2. The Morgan fingerprint density at radius 1 is 1.23 bits per heavy atom. The van der Waals surface area contributed by atoms with Gasteiger partial charge in [-0.1, -0.05) is 39.8 Å². The molecule has 1 aromatic carbocycles. The Morgan fingerprint density at radius 3 is 2.38 bits per heavy atom. The zero-order valence-corrected chi connectivity index (χ0v) is 17.1. The van der Waals surface area contributed by atoms with Gasteiger partial charge in [-0.3, -0.25) is 9.59 Å². The molecular weight excluding hydrogens is 345 g/mol. The molecule has 1 heterocycles. The predicted molar refractivity (Wildman–Crippen MR) is 110 cm³/mol. The summed E-state index contributed by atoms with van der Waals surface area (Å²) >= 11 is 1.59. The van der Waals surface area contributed by atoms with E-state index in [0.29, 0.717) is 10.9 Å². The first-order valence-electron chi connectivity index (χ1n) is 9.37. The number of thioether (sulfide) groups is 1. The molecular formula is C20H28BNO3S. The molecule has 0 aliphatic carbocycles. The first-order chi connectivity index (χ1) is 12.2. The first kappa shape index (κ1) is 20.8. The maximum Gasteiger partial charge on any atom is 0.247 e. The van der Waals surface area contributed by atoms with Crippen molar-refractivity contribution in [1.29, 1.82) is 0 Å². The van der Waals surface area contributed by atoms with Crippen molar-refractivity contribution in [3.8, 4) is 0 Å². The summed E-state index contributed by atoms with van der Waals surface area (Å²) in [6.45, 7) is 8.22. The van der Waals surface area contributed by atoms with Gasteiger partial charge in [-0.05, 0) is 36.5 Å². The minimum atomic E-state index is -0.271. The summed E-state index contributed by atoms with van der Waals surface area (Å²) in [5.74, 6) is 0.0551. The van der Waals surface area contributed by atoms with Crippen LogP contribution < -0.4 is 4.90 Å². The van der Waals surface area contributed by atoms with Gasteiger partial charge in [-0.15, -0.1) is 11.8 Å². The van der Waals surface area contributed by atoms with E-state index in [1.54, 1.807) is 19.6 Å². The van der Waals surface area contributed by atoms with Crippen molar-refractivity contribution < 1.29 is 14.4 Å². The Labute approximate surface area is 161 Å². The third kappa shape index (κ3) is 4.79. The maximum atomic E-state index is 12.7. The SMILES string of the molecule is BC(=O)C(C)CC(C)c1ccc(N2C(=O)CC(SC(C)CC)C2=O)cc1.